The van der Waals surface area contributed by atoms with Gasteiger partial charge >= 0.3 is 0 Å². The Balaban J connectivity index is 1.80. The number of aldehydes is 1. The lowest BCUT2D eigenvalue weighted by molar-refractivity contribution is -0.148. The summed E-state index contributed by atoms with van der Waals surface area (Å²) in [6, 6.07) is 9.23. The van der Waals surface area contributed by atoms with E-state index in [4.69, 9.17) is 14.2 Å². The van der Waals surface area contributed by atoms with E-state index in [-0.39, 0.29) is 43.2 Å². The van der Waals surface area contributed by atoms with Gasteiger partial charge in [0, 0.05) is 36.2 Å². The number of methoxy groups -OCH3 is 2. The van der Waals surface area contributed by atoms with Crippen molar-refractivity contribution in [3.63, 3.8) is 0 Å². The molecule has 2 aromatic carbocycles. The summed E-state index contributed by atoms with van der Waals surface area (Å²) in [5, 5.41) is 23.6. The van der Waals surface area contributed by atoms with Crippen molar-refractivity contribution >= 4 is 23.9 Å². The number of fused-ring (bicyclic) bond motifs is 3. The predicted molar refractivity (Wildman–Crippen MR) is 147 cm³/mol. The Hall–Kier alpha value is -4.22. The number of rotatable bonds is 12. The minimum atomic E-state index is -1.35. The van der Waals surface area contributed by atoms with E-state index < -0.39 is 41.8 Å². The van der Waals surface area contributed by atoms with Crippen LogP contribution in [0.25, 0.3) is 0 Å². The second kappa shape index (κ2) is 13.0. The average Bonchev–Trinajstić information content (AvgIpc) is 3.39. The Bertz CT molecular complexity index is 1360. The number of ketones is 1. The molecule has 1 heterocycles. The number of Topliss-reactive ketones (excluding diaryl/α,β-unsaturated/α-hetero) is 1. The third kappa shape index (κ3) is 5.82. The van der Waals surface area contributed by atoms with Crippen molar-refractivity contribution in [3.05, 3.63) is 64.7 Å². The predicted octanol–water partition coefficient (Wildman–Crippen LogP) is 1.19. The number of hydrogen-bond donors (Lipinski definition) is 3. The van der Waals surface area contributed by atoms with E-state index >= 15 is 0 Å². The molecule has 1 aliphatic heterocycles. The summed E-state index contributed by atoms with van der Waals surface area (Å²) in [5.41, 5.74) is 1.72. The van der Waals surface area contributed by atoms with Gasteiger partial charge in [0.05, 0.1) is 32.8 Å². The van der Waals surface area contributed by atoms with Crippen molar-refractivity contribution in [2.45, 2.75) is 43.9 Å². The Labute approximate surface area is 237 Å². The van der Waals surface area contributed by atoms with Gasteiger partial charge < -0.3 is 34.6 Å². The van der Waals surface area contributed by atoms with E-state index in [0.29, 0.717) is 29.6 Å². The SMILES string of the molecule is CCC(=O)C(=O)N(CCc1ccccc1OC)[C@@H]1C=C(C(=O)NCCO)[C@@H]2c3cc(C=O)cc(OC)c3O[C@@H]2[C@H]1O. The lowest BCUT2D eigenvalue weighted by Crippen LogP contribution is -2.57. The summed E-state index contributed by atoms with van der Waals surface area (Å²) in [6.45, 7) is 1.28. The molecule has 4 rings (SSSR count). The lowest BCUT2D eigenvalue weighted by atomic mass is 9.77. The molecule has 0 saturated heterocycles. The van der Waals surface area contributed by atoms with Gasteiger partial charge in [-0.2, -0.15) is 0 Å². The van der Waals surface area contributed by atoms with Gasteiger partial charge in [0.2, 0.25) is 11.7 Å². The summed E-state index contributed by atoms with van der Waals surface area (Å²) in [7, 11) is 2.95. The van der Waals surface area contributed by atoms with Gasteiger partial charge in [0.1, 0.15) is 24.2 Å². The zero-order valence-electron chi connectivity index (χ0n) is 23.2. The zero-order chi connectivity index (χ0) is 29.7. The van der Waals surface area contributed by atoms with E-state index in [9.17, 15) is 29.4 Å². The number of ether oxygens (including phenoxy) is 3. The Kier molecular flexibility index (Phi) is 9.41. The minimum Gasteiger partial charge on any atom is -0.496 e. The van der Waals surface area contributed by atoms with E-state index in [1.54, 1.807) is 19.1 Å². The molecule has 3 N–H and O–H groups in total. The molecule has 0 unspecified atom stereocenters. The third-order valence-electron chi connectivity index (χ3n) is 7.41. The largest absolute Gasteiger partial charge is 0.496 e. The van der Waals surface area contributed by atoms with Crippen LogP contribution in [-0.4, -0.2) is 91.2 Å². The van der Waals surface area contributed by atoms with Crippen molar-refractivity contribution in [3.8, 4) is 17.2 Å². The summed E-state index contributed by atoms with van der Waals surface area (Å²) < 4.78 is 17.0. The fourth-order valence-corrected chi connectivity index (χ4v) is 5.41. The lowest BCUT2D eigenvalue weighted by Gasteiger charge is -2.40. The first-order valence-electron chi connectivity index (χ1n) is 13.4. The molecule has 2 aromatic rings. The summed E-state index contributed by atoms with van der Waals surface area (Å²) >= 11 is 0. The van der Waals surface area contributed by atoms with Crippen LogP contribution in [0.3, 0.4) is 0 Å². The van der Waals surface area contributed by atoms with Gasteiger partial charge in [-0.05, 0) is 36.3 Å². The van der Waals surface area contributed by atoms with Crippen LogP contribution in [-0.2, 0) is 20.8 Å². The minimum absolute atomic E-state index is 0.0308. The molecule has 11 nitrogen and oxygen atoms in total. The van der Waals surface area contributed by atoms with Crippen LogP contribution in [0.2, 0.25) is 0 Å². The summed E-state index contributed by atoms with van der Waals surface area (Å²) in [5.74, 6) is -1.67. The molecule has 0 spiro atoms. The normalized spacial score (nSPS) is 20.6. The number of aliphatic hydroxyl groups is 2. The number of nitrogens with one attached hydrogen (secondary N) is 1. The van der Waals surface area contributed by atoms with E-state index in [0.717, 1.165) is 5.56 Å². The third-order valence-corrected chi connectivity index (χ3v) is 7.41. The fourth-order valence-electron chi connectivity index (χ4n) is 5.41. The molecule has 41 heavy (non-hydrogen) atoms. The van der Waals surface area contributed by atoms with Gasteiger partial charge in [-0.1, -0.05) is 25.1 Å². The van der Waals surface area contributed by atoms with Crippen molar-refractivity contribution in [1.82, 2.24) is 10.2 Å². The number of benzene rings is 2. The Morgan fingerprint density at radius 1 is 1.12 bits per heavy atom. The maximum absolute atomic E-state index is 13.4. The number of nitrogens with zero attached hydrogens (tertiary/aromatic N) is 1. The highest BCUT2D eigenvalue weighted by Gasteiger charge is 2.51. The number of para-hydroxylation sites is 1. The van der Waals surface area contributed by atoms with Crippen LogP contribution in [0.5, 0.6) is 17.2 Å². The van der Waals surface area contributed by atoms with Gasteiger partial charge in [0.25, 0.3) is 5.91 Å². The van der Waals surface area contributed by atoms with Crippen LogP contribution in [0.1, 0.15) is 40.7 Å². The molecular weight excluding hydrogens is 532 g/mol. The van der Waals surface area contributed by atoms with Crippen molar-refractivity contribution in [2.24, 2.45) is 0 Å². The van der Waals surface area contributed by atoms with E-state index in [2.05, 4.69) is 5.32 Å². The number of carbonyl (C=O) groups is 4. The molecule has 0 fully saturated rings. The van der Waals surface area contributed by atoms with Crippen molar-refractivity contribution in [2.75, 3.05) is 33.9 Å². The van der Waals surface area contributed by atoms with Crippen molar-refractivity contribution < 1.29 is 43.6 Å². The van der Waals surface area contributed by atoms with Crippen LogP contribution >= 0.6 is 0 Å². The zero-order valence-corrected chi connectivity index (χ0v) is 23.2. The fraction of sp³-hybridized carbons (Fsp3) is 0.400. The molecule has 0 bridgehead atoms. The molecule has 2 aliphatic rings. The molecule has 11 heteroatoms. The smallest absolute Gasteiger partial charge is 0.290 e. The first-order chi connectivity index (χ1) is 19.8. The highest BCUT2D eigenvalue weighted by molar-refractivity contribution is 6.36. The number of hydrogen-bond acceptors (Lipinski definition) is 9. The Morgan fingerprint density at radius 3 is 2.51 bits per heavy atom. The first kappa shape index (κ1) is 29.8. The molecule has 0 saturated carbocycles. The number of aliphatic hydroxyl groups excluding tert-OH is 2. The molecule has 218 valence electrons. The van der Waals surface area contributed by atoms with Crippen LogP contribution in [0, 0.1) is 0 Å². The molecule has 4 atom stereocenters. The second-order valence-electron chi connectivity index (χ2n) is 9.74. The van der Waals surface area contributed by atoms with E-state index in [1.165, 1.54) is 31.3 Å². The summed E-state index contributed by atoms with van der Waals surface area (Å²) in [6.07, 6.45) is -0.00888. The van der Waals surface area contributed by atoms with Gasteiger partial charge in [-0.15, -0.1) is 0 Å². The first-order valence-corrected chi connectivity index (χ1v) is 13.4. The molecule has 1 aliphatic carbocycles. The van der Waals surface area contributed by atoms with Gasteiger partial charge in [-0.3, -0.25) is 19.2 Å². The maximum Gasteiger partial charge on any atom is 0.290 e. The molecular formula is C30H34N2O9. The quantitative estimate of drug-likeness (QED) is 0.254. The van der Waals surface area contributed by atoms with Crippen molar-refractivity contribution in [1.29, 1.82) is 0 Å². The van der Waals surface area contributed by atoms with E-state index in [1.807, 2.05) is 18.2 Å². The number of carbonyl (C=O) groups excluding carboxylic acids is 4. The van der Waals surface area contributed by atoms with Crippen LogP contribution in [0.15, 0.2) is 48.0 Å². The molecule has 2 amide bonds. The highest BCUT2D eigenvalue weighted by Crippen LogP contribution is 2.51. The monoisotopic (exact) mass is 566 g/mol. The standard InChI is InChI=1S/C30H34N2O9/c1-4-22(35)30(38)32(11-9-18-7-5-6-8-23(18)39-2)21-15-20(29(37)31-10-12-33)25-19-13-17(16-34)14-24(40-3)27(19)41-28(25)26(21)36/h5-8,13-16,21,25-26,28,33,36H,4,9-12H2,1-3H3,(H,31,37)/t21-,25+,26+,28+/m1/s1. The van der Waals surface area contributed by atoms with Gasteiger partial charge in [0.15, 0.2) is 11.5 Å². The Morgan fingerprint density at radius 2 is 1.85 bits per heavy atom. The highest BCUT2D eigenvalue weighted by atomic mass is 16.5. The maximum atomic E-state index is 13.4. The summed E-state index contributed by atoms with van der Waals surface area (Å²) in [4.78, 5) is 52.4. The average molecular weight is 567 g/mol. The number of amides is 2. The molecule has 0 radical (unpaired) electrons. The topological polar surface area (TPSA) is 152 Å². The van der Waals surface area contributed by atoms with Crippen LogP contribution in [0.4, 0.5) is 0 Å². The second-order valence-corrected chi connectivity index (χ2v) is 9.74. The molecule has 0 aromatic heterocycles. The van der Waals surface area contributed by atoms with Crippen LogP contribution < -0.4 is 19.5 Å². The van der Waals surface area contributed by atoms with Gasteiger partial charge in [-0.25, -0.2) is 0 Å².